The molecule has 1 N–H and O–H groups in total. The van der Waals surface area contributed by atoms with E-state index in [1.165, 1.54) is 20.5 Å². The van der Waals surface area contributed by atoms with Crippen molar-refractivity contribution in [2.24, 2.45) is 5.92 Å². The van der Waals surface area contributed by atoms with Gasteiger partial charge in [0.1, 0.15) is 11.1 Å². The number of anilines is 1. The van der Waals surface area contributed by atoms with Gasteiger partial charge in [-0.1, -0.05) is 17.7 Å². The number of carbonyl (C=O) groups is 1. The molecule has 1 aliphatic carbocycles. The van der Waals surface area contributed by atoms with E-state index in [1.807, 2.05) is 6.92 Å². The van der Waals surface area contributed by atoms with E-state index < -0.39 is 10.0 Å². The number of piperidine rings is 1. The Labute approximate surface area is 175 Å². The minimum absolute atomic E-state index is 0.117. The van der Waals surface area contributed by atoms with Gasteiger partial charge in [0, 0.05) is 23.9 Å². The quantitative estimate of drug-likeness (QED) is 0.806. The number of benzene rings is 1. The summed E-state index contributed by atoms with van der Waals surface area (Å²) in [6.07, 6.45) is 3.89. The SMILES string of the molecule is Cc1ccc(S(=O)(=O)N2CCC(C(=O)Nc3sc4c(c3C#N)CCC4)CC2)cc1. The molecular weight excluding hydrogens is 406 g/mol. The normalized spacial score (nSPS) is 17.7. The average molecular weight is 430 g/mol. The van der Waals surface area contributed by atoms with E-state index in [2.05, 4.69) is 11.4 Å². The predicted molar refractivity (Wildman–Crippen MR) is 112 cm³/mol. The summed E-state index contributed by atoms with van der Waals surface area (Å²) in [7, 11) is -3.53. The lowest BCUT2D eigenvalue weighted by atomic mass is 9.97. The molecule has 1 aromatic heterocycles. The van der Waals surface area contributed by atoms with E-state index in [9.17, 15) is 18.5 Å². The molecular formula is C21H23N3O3S2. The number of rotatable bonds is 4. The molecule has 0 unspecified atom stereocenters. The lowest BCUT2D eigenvalue weighted by Gasteiger charge is -2.30. The summed E-state index contributed by atoms with van der Waals surface area (Å²) in [4.78, 5) is 14.2. The van der Waals surface area contributed by atoms with Crippen LogP contribution in [0.1, 0.15) is 40.8 Å². The predicted octanol–water partition coefficient (Wildman–Crippen LogP) is 3.46. The Kier molecular flexibility index (Phi) is 5.47. The molecule has 1 aliphatic heterocycles. The van der Waals surface area contributed by atoms with Crippen LogP contribution < -0.4 is 5.32 Å². The smallest absolute Gasteiger partial charge is 0.243 e. The highest BCUT2D eigenvalue weighted by atomic mass is 32.2. The van der Waals surface area contributed by atoms with Gasteiger partial charge in [-0.05, 0) is 56.7 Å². The third-order valence-corrected chi connectivity index (χ3v) is 8.87. The van der Waals surface area contributed by atoms with Crippen LogP contribution in [0.15, 0.2) is 29.2 Å². The molecule has 29 heavy (non-hydrogen) atoms. The summed E-state index contributed by atoms with van der Waals surface area (Å²) >= 11 is 1.51. The molecule has 2 aliphatic rings. The third-order valence-electron chi connectivity index (χ3n) is 5.75. The number of amides is 1. The Hall–Kier alpha value is -2.21. The fourth-order valence-corrected chi connectivity index (χ4v) is 6.75. The number of aryl methyl sites for hydroxylation is 2. The Balaban J connectivity index is 1.40. The molecule has 0 saturated carbocycles. The van der Waals surface area contributed by atoms with Crippen molar-refractivity contribution < 1.29 is 13.2 Å². The second-order valence-electron chi connectivity index (χ2n) is 7.65. The van der Waals surface area contributed by atoms with Crippen LogP contribution in [0.4, 0.5) is 5.00 Å². The minimum atomic E-state index is -3.53. The summed E-state index contributed by atoms with van der Waals surface area (Å²) in [5, 5.41) is 13.1. The molecule has 0 bridgehead atoms. The molecule has 0 radical (unpaired) electrons. The van der Waals surface area contributed by atoms with Gasteiger partial charge in [0.05, 0.1) is 10.5 Å². The number of nitrogens with zero attached hydrogens (tertiary/aromatic N) is 2. The Morgan fingerprint density at radius 2 is 1.90 bits per heavy atom. The van der Waals surface area contributed by atoms with Gasteiger partial charge in [0.15, 0.2) is 0 Å². The van der Waals surface area contributed by atoms with Crippen molar-refractivity contribution in [1.82, 2.24) is 4.31 Å². The maximum atomic E-state index is 12.8. The van der Waals surface area contributed by atoms with Crippen LogP contribution in [0, 0.1) is 24.2 Å². The number of nitriles is 1. The fraction of sp³-hybridized carbons (Fsp3) is 0.429. The maximum Gasteiger partial charge on any atom is 0.243 e. The van der Waals surface area contributed by atoms with Gasteiger partial charge in [-0.25, -0.2) is 8.42 Å². The van der Waals surface area contributed by atoms with E-state index in [-0.39, 0.29) is 16.7 Å². The van der Waals surface area contributed by atoms with E-state index in [0.717, 1.165) is 30.4 Å². The van der Waals surface area contributed by atoms with Crippen LogP contribution >= 0.6 is 11.3 Å². The summed E-state index contributed by atoms with van der Waals surface area (Å²) < 4.78 is 27.1. The monoisotopic (exact) mass is 429 g/mol. The number of hydrogen-bond acceptors (Lipinski definition) is 5. The van der Waals surface area contributed by atoms with E-state index in [4.69, 9.17) is 0 Å². The molecule has 6 nitrogen and oxygen atoms in total. The van der Waals surface area contributed by atoms with Crippen LogP contribution in [0.3, 0.4) is 0 Å². The summed E-state index contributed by atoms with van der Waals surface area (Å²) in [5.41, 5.74) is 2.71. The zero-order valence-electron chi connectivity index (χ0n) is 16.3. The fourth-order valence-electron chi connectivity index (χ4n) is 4.04. The highest BCUT2D eigenvalue weighted by molar-refractivity contribution is 7.89. The summed E-state index contributed by atoms with van der Waals surface area (Å²) in [6, 6.07) is 9.08. The second-order valence-corrected chi connectivity index (χ2v) is 10.7. The van der Waals surface area contributed by atoms with Crippen molar-refractivity contribution in [2.75, 3.05) is 18.4 Å². The van der Waals surface area contributed by atoms with E-state index in [0.29, 0.717) is 36.5 Å². The van der Waals surface area contributed by atoms with Crippen LogP contribution in [-0.4, -0.2) is 31.7 Å². The first kappa shape index (κ1) is 20.1. The van der Waals surface area contributed by atoms with Crippen LogP contribution in [0.2, 0.25) is 0 Å². The molecule has 2 heterocycles. The Morgan fingerprint density at radius 1 is 1.21 bits per heavy atom. The first-order valence-electron chi connectivity index (χ1n) is 9.82. The zero-order chi connectivity index (χ0) is 20.6. The highest BCUT2D eigenvalue weighted by Crippen LogP contribution is 2.39. The zero-order valence-corrected chi connectivity index (χ0v) is 17.9. The molecule has 0 atom stereocenters. The average Bonchev–Trinajstić information content (AvgIpc) is 3.29. The molecule has 4 rings (SSSR count). The van der Waals surface area contributed by atoms with Crippen molar-refractivity contribution in [3.8, 4) is 6.07 Å². The van der Waals surface area contributed by atoms with Crippen LogP contribution in [0.5, 0.6) is 0 Å². The largest absolute Gasteiger partial charge is 0.316 e. The summed E-state index contributed by atoms with van der Waals surface area (Å²) in [5.74, 6) is -0.364. The minimum Gasteiger partial charge on any atom is -0.316 e. The van der Waals surface area contributed by atoms with Gasteiger partial charge < -0.3 is 5.32 Å². The molecule has 1 aromatic carbocycles. The summed E-state index contributed by atoms with van der Waals surface area (Å²) in [6.45, 7) is 2.56. The molecule has 2 aromatic rings. The first-order valence-corrected chi connectivity index (χ1v) is 12.1. The van der Waals surface area contributed by atoms with E-state index in [1.54, 1.807) is 24.3 Å². The number of sulfonamides is 1. The van der Waals surface area contributed by atoms with Crippen molar-refractivity contribution in [2.45, 2.75) is 43.9 Å². The van der Waals surface area contributed by atoms with Crippen LogP contribution in [0.25, 0.3) is 0 Å². The van der Waals surface area contributed by atoms with Crippen molar-refractivity contribution in [3.05, 3.63) is 45.8 Å². The Morgan fingerprint density at radius 3 is 2.55 bits per heavy atom. The molecule has 0 spiro atoms. The third kappa shape index (κ3) is 3.82. The number of carbonyl (C=O) groups excluding carboxylic acids is 1. The van der Waals surface area contributed by atoms with Crippen molar-refractivity contribution >= 4 is 32.3 Å². The van der Waals surface area contributed by atoms with Gasteiger partial charge in [0.2, 0.25) is 15.9 Å². The lowest BCUT2D eigenvalue weighted by Crippen LogP contribution is -2.41. The standard InChI is InChI=1S/C21H23N3O3S2/c1-14-5-7-16(8-6-14)29(26,27)24-11-9-15(10-12-24)20(25)23-21-18(13-22)17-3-2-4-19(17)28-21/h5-8,15H,2-4,9-12H2,1H3,(H,23,25). The second kappa shape index (κ2) is 7.90. The van der Waals surface area contributed by atoms with Gasteiger partial charge in [-0.15, -0.1) is 11.3 Å². The maximum absolute atomic E-state index is 12.8. The van der Waals surface area contributed by atoms with E-state index >= 15 is 0 Å². The molecule has 1 amide bonds. The van der Waals surface area contributed by atoms with Gasteiger partial charge in [-0.2, -0.15) is 9.57 Å². The first-order chi connectivity index (χ1) is 13.9. The molecule has 152 valence electrons. The number of thiophene rings is 1. The van der Waals surface area contributed by atoms with Gasteiger partial charge in [0.25, 0.3) is 0 Å². The Bertz CT molecular complexity index is 1070. The van der Waals surface area contributed by atoms with Crippen molar-refractivity contribution in [3.63, 3.8) is 0 Å². The topological polar surface area (TPSA) is 90.3 Å². The highest BCUT2D eigenvalue weighted by Gasteiger charge is 2.33. The molecule has 1 fully saturated rings. The molecule has 1 saturated heterocycles. The molecule has 8 heteroatoms. The number of nitrogens with one attached hydrogen (secondary N) is 1. The number of hydrogen-bond donors (Lipinski definition) is 1. The van der Waals surface area contributed by atoms with Crippen LogP contribution in [-0.2, 0) is 27.7 Å². The van der Waals surface area contributed by atoms with Crippen molar-refractivity contribution in [1.29, 1.82) is 5.26 Å². The van der Waals surface area contributed by atoms with Gasteiger partial charge >= 0.3 is 0 Å². The number of fused-ring (bicyclic) bond motifs is 1. The van der Waals surface area contributed by atoms with Gasteiger partial charge in [-0.3, -0.25) is 4.79 Å². The lowest BCUT2D eigenvalue weighted by molar-refractivity contribution is -0.120.